The van der Waals surface area contributed by atoms with Crippen molar-refractivity contribution in [3.05, 3.63) is 30.2 Å². The van der Waals surface area contributed by atoms with Crippen LogP contribution >= 0.6 is 0 Å². The summed E-state index contributed by atoms with van der Waals surface area (Å²) in [5.74, 6) is 0.980. The van der Waals surface area contributed by atoms with Gasteiger partial charge in [0.2, 0.25) is 0 Å². The topological polar surface area (TPSA) is 76.1 Å². The molecule has 1 aliphatic heterocycles. The number of carbonyl (C=O) groups is 1. The highest BCUT2D eigenvalue weighted by Crippen LogP contribution is 2.11. The maximum atomic E-state index is 12.1. The van der Waals surface area contributed by atoms with E-state index in [1.807, 2.05) is 0 Å². The molecule has 1 atom stereocenters. The highest BCUT2D eigenvalue weighted by Gasteiger charge is 2.17. The molecule has 1 aromatic rings. The molecule has 0 bridgehead atoms. The van der Waals surface area contributed by atoms with Crippen LogP contribution in [-0.4, -0.2) is 41.7 Å². The van der Waals surface area contributed by atoms with Gasteiger partial charge in [-0.1, -0.05) is 6.08 Å². The average molecular weight is 276 g/mol. The Morgan fingerprint density at radius 2 is 2.45 bits per heavy atom. The lowest BCUT2D eigenvalue weighted by Crippen LogP contribution is -2.32. The molecule has 0 aromatic carbocycles. The highest BCUT2D eigenvalue weighted by atomic mass is 16.5. The van der Waals surface area contributed by atoms with Crippen molar-refractivity contribution < 1.29 is 9.53 Å². The van der Waals surface area contributed by atoms with Crippen LogP contribution in [0, 0.1) is 6.92 Å². The molecule has 2 heterocycles. The van der Waals surface area contributed by atoms with Crippen LogP contribution in [0.2, 0.25) is 0 Å². The van der Waals surface area contributed by atoms with E-state index < -0.39 is 0 Å². The fourth-order valence-electron chi connectivity index (χ4n) is 2.05. The Balaban J connectivity index is 1.96. The number of aromatic nitrogens is 2. The first kappa shape index (κ1) is 14.5. The second-order valence-corrected chi connectivity index (χ2v) is 4.70. The Hall–Kier alpha value is -1.95. The molecule has 6 nitrogen and oxygen atoms in total. The summed E-state index contributed by atoms with van der Waals surface area (Å²) < 4.78 is 5.47. The van der Waals surface area contributed by atoms with Crippen LogP contribution in [0.25, 0.3) is 0 Å². The number of ether oxygens (including phenoxy) is 1. The zero-order valence-electron chi connectivity index (χ0n) is 11.7. The minimum Gasteiger partial charge on any atom is -0.376 e. The first-order valence-corrected chi connectivity index (χ1v) is 6.79. The minimum atomic E-state index is -0.201. The molecular weight excluding hydrogens is 256 g/mol. The Labute approximate surface area is 118 Å². The maximum absolute atomic E-state index is 12.1. The van der Waals surface area contributed by atoms with Crippen molar-refractivity contribution >= 4 is 11.7 Å². The Morgan fingerprint density at radius 3 is 3.15 bits per heavy atom. The van der Waals surface area contributed by atoms with E-state index >= 15 is 0 Å². The van der Waals surface area contributed by atoms with Crippen molar-refractivity contribution in [1.29, 1.82) is 0 Å². The van der Waals surface area contributed by atoms with Gasteiger partial charge in [0.15, 0.2) is 0 Å². The van der Waals surface area contributed by atoms with E-state index in [1.54, 1.807) is 19.1 Å². The third kappa shape index (κ3) is 4.03. The standard InChI is InChI=1S/C14H20N4O2/c1-3-6-15-13-8-12(17-10(2)18-13)14(19)16-9-11-5-4-7-20-11/h3,8,11H,1,4-7,9H2,2H3,(H,16,19)(H,15,17,18). The number of nitrogens with zero attached hydrogens (tertiary/aromatic N) is 2. The maximum Gasteiger partial charge on any atom is 0.270 e. The van der Waals surface area contributed by atoms with Crippen molar-refractivity contribution in [2.24, 2.45) is 0 Å². The molecule has 1 saturated heterocycles. The van der Waals surface area contributed by atoms with Crippen molar-refractivity contribution in [3.63, 3.8) is 0 Å². The third-order valence-corrected chi connectivity index (χ3v) is 3.01. The van der Waals surface area contributed by atoms with Crippen LogP contribution in [0.15, 0.2) is 18.7 Å². The molecule has 1 aliphatic rings. The molecule has 2 rings (SSSR count). The number of hydrogen-bond donors (Lipinski definition) is 2. The normalized spacial score (nSPS) is 17.8. The predicted molar refractivity (Wildman–Crippen MR) is 76.8 cm³/mol. The molecule has 1 fully saturated rings. The predicted octanol–water partition coefficient (Wildman–Crippen LogP) is 1.29. The number of rotatable bonds is 6. The molecule has 0 saturated carbocycles. The van der Waals surface area contributed by atoms with Crippen LogP contribution in [0.5, 0.6) is 0 Å². The number of anilines is 1. The van der Waals surface area contributed by atoms with Crippen molar-refractivity contribution in [2.45, 2.75) is 25.9 Å². The van der Waals surface area contributed by atoms with E-state index in [0.29, 0.717) is 30.4 Å². The Kier molecular flexibility index (Phi) is 5.06. The summed E-state index contributed by atoms with van der Waals surface area (Å²) in [6.07, 6.45) is 3.91. The fraction of sp³-hybridized carbons (Fsp3) is 0.500. The first-order chi connectivity index (χ1) is 9.69. The zero-order valence-corrected chi connectivity index (χ0v) is 11.7. The second-order valence-electron chi connectivity index (χ2n) is 4.70. The number of amides is 1. The van der Waals surface area contributed by atoms with E-state index in [-0.39, 0.29) is 12.0 Å². The SMILES string of the molecule is C=CCNc1cc(C(=O)NCC2CCCO2)nc(C)n1. The first-order valence-electron chi connectivity index (χ1n) is 6.79. The van der Waals surface area contributed by atoms with Gasteiger partial charge in [-0.3, -0.25) is 4.79 Å². The molecule has 2 N–H and O–H groups in total. The molecule has 1 unspecified atom stereocenters. The summed E-state index contributed by atoms with van der Waals surface area (Å²) in [5, 5.41) is 5.90. The lowest BCUT2D eigenvalue weighted by molar-refractivity contribution is 0.0853. The van der Waals surface area contributed by atoms with Gasteiger partial charge in [0.05, 0.1) is 6.10 Å². The van der Waals surface area contributed by atoms with Gasteiger partial charge in [-0.2, -0.15) is 0 Å². The van der Waals surface area contributed by atoms with E-state index in [1.165, 1.54) is 0 Å². The zero-order chi connectivity index (χ0) is 14.4. The van der Waals surface area contributed by atoms with Crippen molar-refractivity contribution in [3.8, 4) is 0 Å². The van der Waals surface area contributed by atoms with Gasteiger partial charge in [0.25, 0.3) is 5.91 Å². The molecule has 6 heteroatoms. The molecule has 108 valence electrons. The molecule has 0 spiro atoms. The highest BCUT2D eigenvalue weighted by molar-refractivity contribution is 5.92. The third-order valence-electron chi connectivity index (χ3n) is 3.01. The summed E-state index contributed by atoms with van der Waals surface area (Å²) in [4.78, 5) is 20.4. The van der Waals surface area contributed by atoms with Crippen molar-refractivity contribution in [2.75, 3.05) is 25.0 Å². The Morgan fingerprint density at radius 1 is 1.60 bits per heavy atom. The molecular formula is C14H20N4O2. The van der Waals surface area contributed by atoms with E-state index in [0.717, 1.165) is 19.4 Å². The summed E-state index contributed by atoms with van der Waals surface area (Å²) in [6, 6.07) is 1.64. The molecule has 1 amide bonds. The second kappa shape index (κ2) is 7.00. The van der Waals surface area contributed by atoms with E-state index in [4.69, 9.17) is 4.74 Å². The lowest BCUT2D eigenvalue weighted by Gasteiger charge is -2.11. The summed E-state index contributed by atoms with van der Waals surface area (Å²) in [7, 11) is 0. The van der Waals surface area contributed by atoms with Crippen LogP contribution in [0.1, 0.15) is 29.2 Å². The van der Waals surface area contributed by atoms with E-state index in [2.05, 4.69) is 27.2 Å². The minimum absolute atomic E-state index is 0.125. The van der Waals surface area contributed by atoms with Gasteiger partial charge in [0.1, 0.15) is 17.3 Å². The van der Waals surface area contributed by atoms with Crippen LogP contribution in [-0.2, 0) is 4.74 Å². The molecule has 0 radical (unpaired) electrons. The largest absolute Gasteiger partial charge is 0.376 e. The number of hydrogen-bond acceptors (Lipinski definition) is 5. The van der Waals surface area contributed by atoms with Crippen LogP contribution in [0.4, 0.5) is 5.82 Å². The number of nitrogens with one attached hydrogen (secondary N) is 2. The van der Waals surface area contributed by atoms with Gasteiger partial charge < -0.3 is 15.4 Å². The number of carbonyl (C=O) groups excluding carboxylic acids is 1. The van der Waals surface area contributed by atoms with Gasteiger partial charge in [-0.25, -0.2) is 9.97 Å². The van der Waals surface area contributed by atoms with Crippen molar-refractivity contribution in [1.82, 2.24) is 15.3 Å². The lowest BCUT2D eigenvalue weighted by atomic mass is 10.2. The summed E-state index contributed by atoms with van der Waals surface area (Å²) >= 11 is 0. The van der Waals surface area contributed by atoms with Gasteiger partial charge in [-0.15, -0.1) is 6.58 Å². The number of aryl methyl sites for hydroxylation is 1. The quantitative estimate of drug-likeness (QED) is 0.766. The monoisotopic (exact) mass is 276 g/mol. The smallest absolute Gasteiger partial charge is 0.270 e. The van der Waals surface area contributed by atoms with Gasteiger partial charge in [-0.05, 0) is 19.8 Å². The summed E-state index contributed by atoms with van der Waals surface area (Å²) in [6.45, 7) is 7.29. The Bertz CT molecular complexity index is 484. The summed E-state index contributed by atoms with van der Waals surface area (Å²) in [5.41, 5.74) is 0.363. The van der Waals surface area contributed by atoms with Gasteiger partial charge >= 0.3 is 0 Å². The molecule has 1 aromatic heterocycles. The van der Waals surface area contributed by atoms with Crippen LogP contribution in [0.3, 0.4) is 0 Å². The molecule has 20 heavy (non-hydrogen) atoms. The van der Waals surface area contributed by atoms with Crippen LogP contribution < -0.4 is 10.6 Å². The van der Waals surface area contributed by atoms with Gasteiger partial charge in [0, 0.05) is 25.8 Å². The average Bonchev–Trinajstić information content (AvgIpc) is 2.95. The molecule has 0 aliphatic carbocycles. The fourth-order valence-corrected chi connectivity index (χ4v) is 2.05. The van der Waals surface area contributed by atoms with E-state index in [9.17, 15) is 4.79 Å².